The molecule has 0 spiro atoms. The molecule has 0 fully saturated rings. The van der Waals surface area contributed by atoms with Crippen LogP contribution in [-0.4, -0.2) is 33.7 Å². The number of carbonyl (C=O) groups is 2. The van der Waals surface area contributed by atoms with Crippen molar-refractivity contribution >= 4 is 26.6 Å². The molecule has 0 aliphatic rings. The van der Waals surface area contributed by atoms with Crippen LogP contribution in [0.1, 0.15) is 73.6 Å². The maximum absolute atomic E-state index is 11.9. The third kappa shape index (κ3) is 17.5. The summed E-state index contributed by atoms with van der Waals surface area (Å²) in [7, 11) is -7.26. The van der Waals surface area contributed by atoms with Crippen LogP contribution in [-0.2, 0) is 18.7 Å². The average molecular weight is 428 g/mol. The van der Waals surface area contributed by atoms with Crippen molar-refractivity contribution < 1.29 is 28.5 Å². The van der Waals surface area contributed by atoms with E-state index in [4.69, 9.17) is 11.0 Å². The minimum Gasteiger partial charge on any atom is -0.333 e. The summed E-state index contributed by atoms with van der Waals surface area (Å²) in [5.41, 5.74) is 9.30. The van der Waals surface area contributed by atoms with Crippen molar-refractivity contribution in [2.75, 3.05) is 12.3 Å². The first-order valence-electron chi connectivity index (χ1n) is 8.65. The Labute approximate surface area is 163 Å². The van der Waals surface area contributed by atoms with Gasteiger partial charge in [-0.1, -0.05) is 35.1 Å². The van der Waals surface area contributed by atoms with Crippen molar-refractivity contribution in [2.45, 2.75) is 73.6 Å². The van der Waals surface area contributed by atoms with Crippen molar-refractivity contribution in [3.63, 3.8) is 0 Å². The molecule has 0 aliphatic heterocycles. The van der Waals surface area contributed by atoms with Gasteiger partial charge in [0.15, 0.2) is 0 Å². The second kappa shape index (κ2) is 11.0. The molecule has 0 bridgehead atoms. The lowest BCUT2D eigenvalue weighted by molar-refractivity contribution is -0.124. The smallest absolute Gasteiger partial charge is 0.265 e. The zero-order valence-electron chi connectivity index (χ0n) is 16.2. The normalized spacial score (nSPS) is 16.7. The largest absolute Gasteiger partial charge is 0.333 e. The van der Waals surface area contributed by atoms with E-state index in [1.165, 1.54) is 0 Å². The molecule has 8 nitrogen and oxygen atoms in total. The number of nitrogens with two attached hydrogens (primary N) is 2. The third-order valence-electron chi connectivity index (χ3n) is 4.15. The fourth-order valence-corrected chi connectivity index (χ4v) is 5.64. The Balaban J connectivity index is 0. The van der Waals surface area contributed by atoms with Gasteiger partial charge in [-0.05, 0) is 23.7 Å². The molecule has 10 heteroatoms. The zero-order chi connectivity index (χ0) is 20.8. The van der Waals surface area contributed by atoms with E-state index in [-0.39, 0.29) is 57.0 Å². The molecule has 2 atom stereocenters. The molecule has 0 aromatic rings. The van der Waals surface area contributed by atoms with Gasteiger partial charge in [-0.3, -0.25) is 29.7 Å². The van der Waals surface area contributed by atoms with Crippen LogP contribution in [0.5, 0.6) is 0 Å². The van der Waals surface area contributed by atoms with Crippen molar-refractivity contribution in [2.24, 2.45) is 21.8 Å². The average Bonchev–Trinajstić information content (AvgIpc) is 2.35. The summed E-state index contributed by atoms with van der Waals surface area (Å²) in [4.78, 5) is 42.4. The Morgan fingerprint density at radius 2 is 1.00 bits per heavy atom. The summed E-state index contributed by atoms with van der Waals surface area (Å²) in [5.74, 6) is -0.144. The first kappa shape index (κ1) is 28.8. The van der Waals surface area contributed by atoms with Gasteiger partial charge in [0.25, 0.3) is 15.0 Å². The van der Waals surface area contributed by atoms with Gasteiger partial charge in [-0.25, -0.2) is 0 Å². The molecule has 0 rings (SSSR count). The number of hydrogen-bond acceptors (Lipinski definition) is 4. The molecule has 0 aromatic heterocycles. The van der Waals surface area contributed by atoms with Gasteiger partial charge >= 0.3 is 0 Å². The van der Waals surface area contributed by atoms with E-state index < -0.39 is 25.9 Å². The third-order valence-corrected chi connectivity index (χ3v) is 6.77. The van der Waals surface area contributed by atoms with E-state index in [0.717, 1.165) is 0 Å². The molecule has 27 heavy (non-hydrogen) atoms. The molecule has 0 aromatic carbocycles. The Kier molecular flexibility index (Phi) is 11.7. The van der Waals surface area contributed by atoms with E-state index in [1.54, 1.807) is 27.7 Å². The van der Waals surface area contributed by atoms with Crippen molar-refractivity contribution in [1.29, 1.82) is 0 Å². The second-order valence-electron chi connectivity index (χ2n) is 8.73. The van der Waals surface area contributed by atoms with Gasteiger partial charge in [0.1, 0.15) is 11.6 Å². The molecule has 0 heterocycles. The number of rotatable bonds is 13. The van der Waals surface area contributed by atoms with Crippen LogP contribution >= 0.6 is 15.0 Å². The summed E-state index contributed by atoms with van der Waals surface area (Å²) in [6.07, 6.45) is 1.45. The Morgan fingerprint density at radius 3 is 1.22 bits per heavy atom. The molecule has 0 radical (unpaired) electrons. The molecule has 162 valence electrons. The molecule has 0 amide bonds. The maximum atomic E-state index is 11.9. The van der Waals surface area contributed by atoms with Crippen LogP contribution in [0.4, 0.5) is 0 Å². The standard InChI is InChI=1S/C16H34N2O6P2.CH4/c1-15(2,11-25(17,21)22)9-7-13(19)5-6-14(20)8-10-16(3,4)12-26(18,23)24;/h5-12H2,1-4H3,(H3,17,21,22)(H3,18,23,24);1H4. The Bertz CT molecular complexity index is 540. The maximum Gasteiger partial charge on any atom is 0.265 e. The number of carbonyl (C=O) groups excluding carboxylic acids is 2. The highest BCUT2D eigenvalue weighted by Gasteiger charge is 2.28. The van der Waals surface area contributed by atoms with E-state index in [9.17, 15) is 28.5 Å². The first-order chi connectivity index (χ1) is 11.4. The summed E-state index contributed by atoms with van der Waals surface area (Å²) in [5, 5.41) is 0. The minimum atomic E-state index is -3.63. The fourth-order valence-electron chi connectivity index (χ4n) is 2.87. The van der Waals surface area contributed by atoms with Crippen LogP contribution in [0.25, 0.3) is 0 Å². The van der Waals surface area contributed by atoms with Crippen LogP contribution in [0.2, 0.25) is 0 Å². The molecule has 0 saturated heterocycles. The topological polar surface area (TPSA) is 161 Å². The van der Waals surface area contributed by atoms with E-state index >= 15 is 0 Å². The summed E-state index contributed by atoms with van der Waals surface area (Å²) < 4.78 is 22.6. The lowest BCUT2D eigenvalue weighted by Gasteiger charge is -2.25. The lowest BCUT2D eigenvalue weighted by Crippen LogP contribution is -2.22. The van der Waals surface area contributed by atoms with Crippen molar-refractivity contribution in [3.8, 4) is 0 Å². The first-order valence-corrected chi connectivity index (χ1v) is 12.5. The Hall–Kier alpha value is -0.360. The number of ketones is 2. The highest BCUT2D eigenvalue weighted by atomic mass is 31.2. The molecule has 0 aliphatic carbocycles. The SMILES string of the molecule is C.CC(C)(CCC(=O)CCC(=O)CCC(C)(C)CP(N)(=O)O)CP(N)(=O)O. The van der Waals surface area contributed by atoms with Gasteiger partial charge in [-0.2, -0.15) is 0 Å². The molecule has 2 unspecified atom stereocenters. The van der Waals surface area contributed by atoms with Crippen LogP contribution in [0.15, 0.2) is 0 Å². The predicted octanol–water partition coefficient (Wildman–Crippen LogP) is 3.44. The minimum absolute atomic E-state index is 0. The van der Waals surface area contributed by atoms with Gasteiger partial charge in [0.2, 0.25) is 0 Å². The summed E-state index contributed by atoms with van der Waals surface area (Å²) >= 11 is 0. The van der Waals surface area contributed by atoms with Crippen LogP contribution < -0.4 is 11.0 Å². The number of hydrogen-bond donors (Lipinski definition) is 4. The summed E-state index contributed by atoms with van der Waals surface area (Å²) in [6, 6.07) is 0. The van der Waals surface area contributed by atoms with Crippen LogP contribution in [0, 0.1) is 10.8 Å². The summed E-state index contributed by atoms with van der Waals surface area (Å²) in [6.45, 7) is 7.11. The quantitative estimate of drug-likeness (QED) is 0.324. The highest BCUT2D eigenvalue weighted by Crippen LogP contribution is 2.41. The van der Waals surface area contributed by atoms with E-state index in [1.807, 2.05) is 0 Å². The fraction of sp³-hybridized carbons (Fsp3) is 0.882. The van der Waals surface area contributed by atoms with Crippen LogP contribution in [0.3, 0.4) is 0 Å². The lowest BCUT2D eigenvalue weighted by atomic mass is 9.87. The molecular formula is C17H38N2O6P2. The molecule has 6 N–H and O–H groups in total. The number of Topliss-reactive ketones (excluding diaryl/α,β-unsaturated/α-hetero) is 2. The van der Waals surface area contributed by atoms with E-state index in [0.29, 0.717) is 12.8 Å². The predicted molar refractivity (Wildman–Crippen MR) is 110 cm³/mol. The van der Waals surface area contributed by atoms with E-state index in [2.05, 4.69) is 0 Å². The Morgan fingerprint density at radius 1 is 0.741 bits per heavy atom. The van der Waals surface area contributed by atoms with Gasteiger partial charge < -0.3 is 9.79 Å². The molecule has 0 saturated carbocycles. The van der Waals surface area contributed by atoms with Gasteiger partial charge in [0.05, 0.1) is 0 Å². The molecular weight excluding hydrogens is 390 g/mol. The monoisotopic (exact) mass is 428 g/mol. The zero-order valence-corrected chi connectivity index (χ0v) is 18.0. The highest BCUT2D eigenvalue weighted by molar-refractivity contribution is 7.55. The van der Waals surface area contributed by atoms with Crippen molar-refractivity contribution in [1.82, 2.24) is 0 Å². The second-order valence-corrected chi connectivity index (χ2v) is 12.4. The van der Waals surface area contributed by atoms with Crippen molar-refractivity contribution in [3.05, 3.63) is 0 Å². The van der Waals surface area contributed by atoms with Gasteiger partial charge in [0, 0.05) is 38.0 Å². The van der Waals surface area contributed by atoms with Gasteiger partial charge in [-0.15, -0.1) is 0 Å².